The molecule has 0 saturated heterocycles. The molecule has 3 N–H and O–H groups in total. The Balaban J connectivity index is 3.29. The lowest BCUT2D eigenvalue weighted by Crippen LogP contribution is -2.36. The lowest BCUT2D eigenvalue weighted by Gasteiger charge is -2.32. The Morgan fingerprint density at radius 3 is 2.21 bits per heavy atom. The summed E-state index contributed by atoms with van der Waals surface area (Å²) in [7, 11) is 0. The van der Waals surface area contributed by atoms with E-state index in [0.29, 0.717) is 17.9 Å². The first-order chi connectivity index (χ1) is 8.88. The van der Waals surface area contributed by atoms with Gasteiger partial charge in [0.15, 0.2) is 0 Å². The summed E-state index contributed by atoms with van der Waals surface area (Å²) in [6.07, 6.45) is 1.58. The first-order valence-corrected chi connectivity index (χ1v) is 6.96. The fraction of sp³-hybridized carbons (Fsp3) is 0.714. The number of rotatable bonds is 6. The molecule has 1 rings (SSSR count). The van der Waals surface area contributed by atoms with Gasteiger partial charge in [0, 0.05) is 18.2 Å². The number of anilines is 2. The van der Waals surface area contributed by atoms with Gasteiger partial charge in [0.2, 0.25) is 0 Å². The first-order valence-electron chi connectivity index (χ1n) is 6.96. The van der Waals surface area contributed by atoms with Crippen LogP contribution >= 0.6 is 0 Å². The van der Waals surface area contributed by atoms with Crippen molar-refractivity contribution >= 4 is 11.6 Å². The molecule has 0 atom stereocenters. The molecule has 0 amide bonds. The fourth-order valence-corrected chi connectivity index (χ4v) is 2.20. The van der Waals surface area contributed by atoms with Crippen LogP contribution in [0.3, 0.4) is 0 Å². The number of nitrogens with two attached hydrogens (primary N) is 1. The molecule has 5 heteroatoms. The highest BCUT2D eigenvalue weighted by molar-refractivity contribution is 5.60. The molecule has 0 unspecified atom stereocenters. The van der Waals surface area contributed by atoms with Gasteiger partial charge in [-0.15, -0.1) is 0 Å². The summed E-state index contributed by atoms with van der Waals surface area (Å²) in [5, 5.41) is 0. The van der Waals surface area contributed by atoms with Crippen molar-refractivity contribution in [1.82, 2.24) is 9.97 Å². The normalized spacial score (nSPS) is 11.5. The zero-order chi connectivity index (χ0) is 14.6. The molecule has 0 aromatic carbocycles. The van der Waals surface area contributed by atoms with E-state index in [1.807, 2.05) is 0 Å². The van der Waals surface area contributed by atoms with Crippen LogP contribution in [0.2, 0.25) is 0 Å². The van der Waals surface area contributed by atoms with Crippen molar-refractivity contribution in [3.8, 4) is 0 Å². The molecule has 1 aromatic rings. The molecule has 0 bridgehead atoms. The highest BCUT2D eigenvalue weighted by Crippen LogP contribution is 2.31. The standard InChI is InChI=1S/C14H27N5/c1-9(2)7-19(11(5)6)14-12(10(3)4)13(18-15)16-8-17-14/h8-11H,7,15H2,1-6H3,(H,16,17,18). The van der Waals surface area contributed by atoms with E-state index in [1.165, 1.54) is 0 Å². The third-order valence-corrected chi connectivity index (χ3v) is 3.03. The van der Waals surface area contributed by atoms with Crippen LogP contribution < -0.4 is 16.2 Å². The second-order valence-electron chi connectivity index (χ2n) is 5.90. The average molecular weight is 265 g/mol. The van der Waals surface area contributed by atoms with E-state index in [9.17, 15) is 0 Å². The Morgan fingerprint density at radius 2 is 1.79 bits per heavy atom. The van der Waals surface area contributed by atoms with Gasteiger partial charge in [-0.05, 0) is 25.7 Å². The molecule has 0 aliphatic carbocycles. The smallest absolute Gasteiger partial charge is 0.148 e. The number of hydrogen-bond donors (Lipinski definition) is 2. The Kier molecular flexibility index (Phi) is 5.54. The SMILES string of the molecule is CC(C)CN(c1ncnc(NN)c1C(C)C)C(C)C. The zero-order valence-electron chi connectivity index (χ0n) is 12.9. The summed E-state index contributed by atoms with van der Waals surface area (Å²) in [6.45, 7) is 14.0. The predicted octanol–water partition coefficient (Wildman–Crippen LogP) is 2.76. The van der Waals surface area contributed by atoms with Crippen LogP contribution in [0.25, 0.3) is 0 Å². The second-order valence-corrected chi connectivity index (χ2v) is 5.90. The molecule has 0 aliphatic heterocycles. The lowest BCUT2D eigenvalue weighted by atomic mass is 10.0. The molecule has 0 aliphatic rings. The average Bonchev–Trinajstić information content (AvgIpc) is 2.34. The second kappa shape index (κ2) is 6.70. The van der Waals surface area contributed by atoms with E-state index in [1.54, 1.807) is 6.33 Å². The van der Waals surface area contributed by atoms with Crippen LogP contribution in [0, 0.1) is 5.92 Å². The molecule has 0 spiro atoms. The van der Waals surface area contributed by atoms with Crippen LogP contribution in [0.1, 0.15) is 53.0 Å². The van der Waals surface area contributed by atoms with Crippen molar-refractivity contribution in [3.05, 3.63) is 11.9 Å². The Labute approximate surface area is 116 Å². The fourth-order valence-electron chi connectivity index (χ4n) is 2.20. The molecule has 5 nitrogen and oxygen atoms in total. The number of hydrazine groups is 1. The maximum atomic E-state index is 5.58. The number of hydrogen-bond acceptors (Lipinski definition) is 5. The van der Waals surface area contributed by atoms with Crippen molar-refractivity contribution in [1.29, 1.82) is 0 Å². The van der Waals surface area contributed by atoms with Gasteiger partial charge in [-0.25, -0.2) is 15.8 Å². The van der Waals surface area contributed by atoms with Crippen molar-refractivity contribution in [2.75, 3.05) is 16.9 Å². The van der Waals surface area contributed by atoms with Gasteiger partial charge >= 0.3 is 0 Å². The third kappa shape index (κ3) is 3.80. The first kappa shape index (κ1) is 15.7. The number of aromatic nitrogens is 2. The molecule has 1 aromatic heterocycles. The van der Waals surface area contributed by atoms with Gasteiger partial charge in [-0.3, -0.25) is 0 Å². The predicted molar refractivity (Wildman–Crippen MR) is 81.3 cm³/mol. The van der Waals surface area contributed by atoms with Crippen LogP contribution in [-0.4, -0.2) is 22.6 Å². The Morgan fingerprint density at radius 1 is 1.16 bits per heavy atom. The van der Waals surface area contributed by atoms with Crippen molar-refractivity contribution < 1.29 is 0 Å². The van der Waals surface area contributed by atoms with Gasteiger partial charge in [-0.1, -0.05) is 27.7 Å². The molecule has 0 radical (unpaired) electrons. The lowest BCUT2D eigenvalue weighted by molar-refractivity contribution is 0.562. The van der Waals surface area contributed by atoms with Gasteiger partial charge in [0.25, 0.3) is 0 Å². The number of nitrogens with zero attached hydrogens (tertiary/aromatic N) is 3. The van der Waals surface area contributed by atoms with Crippen LogP contribution in [-0.2, 0) is 0 Å². The highest BCUT2D eigenvalue weighted by atomic mass is 15.3. The monoisotopic (exact) mass is 265 g/mol. The molecule has 1 heterocycles. The van der Waals surface area contributed by atoms with Crippen LogP contribution in [0.5, 0.6) is 0 Å². The minimum Gasteiger partial charge on any atom is -0.354 e. The summed E-state index contributed by atoms with van der Waals surface area (Å²) in [5.41, 5.74) is 3.77. The van der Waals surface area contributed by atoms with Crippen molar-refractivity contribution in [2.24, 2.45) is 11.8 Å². The maximum absolute atomic E-state index is 5.58. The molecule has 0 fully saturated rings. The highest BCUT2D eigenvalue weighted by Gasteiger charge is 2.21. The van der Waals surface area contributed by atoms with Crippen LogP contribution in [0.4, 0.5) is 11.6 Å². The van der Waals surface area contributed by atoms with E-state index in [-0.39, 0.29) is 0 Å². The number of nitrogen functional groups attached to an aromatic ring is 1. The zero-order valence-corrected chi connectivity index (χ0v) is 12.9. The van der Waals surface area contributed by atoms with E-state index < -0.39 is 0 Å². The van der Waals surface area contributed by atoms with E-state index in [0.717, 1.165) is 23.7 Å². The summed E-state index contributed by atoms with van der Waals surface area (Å²) < 4.78 is 0. The molecule has 19 heavy (non-hydrogen) atoms. The van der Waals surface area contributed by atoms with E-state index >= 15 is 0 Å². The minimum absolute atomic E-state index is 0.315. The van der Waals surface area contributed by atoms with Gasteiger partial charge in [0.05, 0.1) is 0 Å². The quantitative estimate of drug-likeness (QED) is 0.611. The summed E-state index contributed by atoms with van der Waals surface area (Å²) in [5.74, 6) is 8.17. The minimum atomic E-state index is 0.315. The maximum Gasteiger partial charge on any atom is 0.148 e. The number of nitrogens with one attached hydrogen (secondary N) is 1. The van der Waals surface area contributed by atoms with Gasteiger partial charge < -0.3 is 10.3 Å². The van der Waals surface area contributed by atoms with Crippen molar-refractivity contribution in [2.45, 2.75) is 53.5 Å². The van der Waals surface area contributed by atoms with E-state index in [2.05, 4.69) is 61.8 Å². The van der Waals surface area contributed by atoms with E-state index in [4.69, 9.17) is 5.84 Å². The molecular weight excluding hydrogens is 238 g/mol. The summed E-state index contributed by atoms with van der Waals surface area (Å²) in [4.78, 5) is 11.1. The Hall–Kier alpha value is -1.36. The van der Waals surface area contributed by atoms with Crippen LogP contribution in [0.15, 0.2) is 6.33 Å². The third-order valence-electron chi connectivity index (χ3n) is 3.03. The molecular formula is C14H27N5. The summed E-state index contributed by atoms with van der Waals surface area (Å²) in [6, 6.07) is 0.389. The van der Waals surface area contributed by atoms with Crippen molar-refractivity contribution in [3.63, 3.8) is 0 Å². The Bertz CT molecular complexity index is 401. The molecule has 0 saturated carbocycles. The topological polar surface area (TPSA) is 67.1 Å². The van der Waals surface area contributed by atoms with Gasteiger partial charge in [0.1, 0.15) is 18.0 Å². The van der Waals surface area contributed by atoms with Gasteiger partial charge in [-0.2, -0.15) is 0 Å². The largest absolute Gasteiger partial charge is 0.354 e. The molecule has 108 valence electrons. The summed E-state index contributed by atoms with van der Waals surface area (Å²) >= 11 is 0.